The number of allylic oxidation sites excluding steroid dienone is 3. The number of carbonyl (C=O) groups excluding carboxylic acids is 1. The van der Waals surface area contributed by atoms with Crippen LogP contribution in [0.25, 0.3) is 6.08 Å². The highest BCUT2D eigenvalue weighted by molar-refractivity contribution is 5.76. The molecular formula is C15H16O. The zero-order valence-corrected chi connectivity index (χ0v) is 9.36. The third-order valence-corrected chi connectivity index (χ3v) is 2.97. The van der Waals surface area contributed by atoms with Crippen molar-refractivity contribution >= 4 is 12.4 Å². The molecule has 16 heavy (non-hydrogen) atoms. The molecular weight excluding hydrogens is 196 g/mol. The molecule has 1 aliphatic rings. The molecule has 0 heterocycles. The largest absolute Gasteiger partial charge is 0.298 e. The second-order valence-electron chi connectivity index (χ2n) is 4.12. The lowest BCUT2D eigenvalue weighted by molar-refractivity contribution is -0.105. The van der Waals surface area contributed by atoms with Crippen molar-refractivity contribution in [2.24, 2.45) is 0 Å². The van der Waals surface area contributed by atoms with Crippen LogP contribution in [0.5, 0.6) is 0 Å². The quantitative estimate of drug-likeness (QED) is 0.697. The summed E-state index contributed by atoms with van der Waals surface area (Å²) in [4.78, 5) is 10.9. The van der Waals surface area contributed by atoms with Crippen LogP contribution in [0.1, 0.15) is 31.2 Å². The molecule has 2 rings (SSSR count). The number of benzene rings is 1. The molecule has 0 spiro atoms. The molecule has 1 heteroatoms. The SMILES string of the molecule is O=CC1=C(C=Cc2ccccc2)CCCC1. The molecule has 0 fully saturated rings. The lowest BCUT2D eigenvalue weighted by atomic mass is 9.92. The molecule has 0 aliphatic heterocycles. The summed E-state index contributed by atoms with van der Waals surface area (Å²) in [5.41, 5.74) is 3.38. The van der Waals surface area contributed by atoms with E-state index in [1.54, 1.807) is 0 Å². The molecule has 0 amide bonds. The topological polar surface area (TPSA) is 17.1 Å². The fourth-order valence-electron chi connectivity index (χ4n) is 2.04. The zero-order valence-electron chi connectivity index (χ0n) is 9.36. The predicted molar refractivity (Wildman–Crippen MR) is 67.0 cm³/mol. The first-order valence-corrected chi connectivity index (χ1v) is 5.80. The van der Waals surface area contributed by atoms with E-state index < -0.39 is 0 Å². The highest BCUT2D eigenvalue weighted by Crippen LogP contribution is 2.24. The van der Waals surface area contributed by atoms with E-state index in [4.69, 9.17) is 0 Å². The van der Waals surface area contributed by atoms with Gasteiger partial charge in [-0.1, -0.05) is 42.5 Å². The lowest BCUT2D eigenvalue weighted by Crippen LogP contribution is -1.98. The third-order valence-electron chi connectivity index (χ3n) is 2.97. The first-order valence-electron chi connectivity index (χ1n) is 5.80. The van der Waals surface area contributed by atoms with Crippen LogP contribution in [0.3, 0.4) is 0 Å². The maximum atomic E-state index is 10.9. The van der Waals surface area contributed by atoms with Gasteiger partial charge in [0.25, 0.3) is 0 Å². The first-order chi connectivity index (χ1) is 7.90. The van der Waals surface area contributed by atoms with E-state index in [1.165, 1.54) is 17.6 Å². The Hall–Kier alpha value is -1.63. The van der Waals surface area contributed by atoms with E-state index >= 15 is 0 Å². The van der Waals surface area contributed by atoms with Gasteiger partial charge in [-0.15, -0.1) is 0 Å². The minimum Gasteiger partial charge on any atom is -0.298 e. The molecule has 0 saturated carbocycles. The Morgan fingerprint density at radius 2 is 1.56 bits per heavy atom. The zero-order chi connectivity index (χ0) is 11.2. The van der Waals surface area contributed by atoms with Crippen molar-refractivity contribution in [3.05, 3.63) is 53.1 Å². The maximum Gasteiger partial charge on any atom is 0.146 e. The van der Waals surface area contributed by atoms with Crippen LogP contribution in [0.15, 0.2) is 47.6 Å². The van der Waals surface area contributed by atoms with E-state index in [0.717, 1.165) is 31.1 Å². The van der Waals surface area contributed by atoms with E-state index in [-0.39, 0.29) is 0 Å². The molecule has 0 unspecified atom stereocenters. The van der Waals surface area contributed by atoms with Gasteiger partial charge in [0.15, 0.2) is 0 Å². The molecule has 1 nitrogen and oxygen atoms in total. The number of hydrogen-bond donors (Lipinski definition) is 0. The van der Waals surface area contributed by atoms with Gasteiger partial charge in [-0.2, -0.15) is 0 Å². The van der Waals surface area contributed by atoms with Crippen molar-refractivity contribution in [3.63, 3.8) is 0 Å². The molecule has 0 bridgehead atoms. The maximum absolute atomic E-state index is 10.9. The highest BCUT2D eigenvalue weighted by Gasteiger charge is 2.09. The van der Waals surface area contributed by atoms with Crippen LogP contribution < -0.4 is 0 Å². The van der Waals surface area contributed by atoms with Crippen LogP contribution in [0.4, 0.5) is 0 Å². The molecule has 0 atom stereocenters. The monoisotopic (exact) mass is 212 g/mol. The van der Waals surface area contributed by atoms with Crippen LogP contribution in [-0.4, -0.2) is 6.29 Å². The van der Waals surface area contributed by atoms with Crippen LogP contribution >= 0.6 is 0 Å². The number of rotatable bonds is 3. The minimum absolute atomic E-state index is 0.942. The Bertz CT molecular complexity index is 412. The number of aldehydes is 1. The van der Waals surface area contributed by atoms with Crippen molar-refractivity contribution in [1.82, 2.24) is 0 Å². The fourth-order valence-corrected chi connectivity index (χ4v) is 2.04. The normalized spacial score (nSPS) is 16.8. The Balaban J connectivity index is 2.17. The standard InChI is InChI=1S/C15H16O/c16-12-15-9-5-4-8-14(15)11-10-13-6-2-1-3-7-13/h1-3,6-7,10-12H,4-5,8-9H2. The Labute approximate surface area is 96.5 Å². The van der Waals surface area contributed by atoms with E-state index in [1.807, 2.05) is 18.2 Å². The van der Waals surface area contributed by atoms with E-state index in [0.29, 0.717) is 0 Å². The Kier molecular flexibility index (Phi) is 3.71. The summed E-state index contributed by atoms with van der Waals surface area (Å²) in [7, 11) is 0. The summed E-state index contributed by atoms with van der Waals surface area (Å²) in [5, 5.41) is 0. The molecule has 82 valence electrons. The van der Waals surface area contributed by atoms with Gasteiger partial charge < -0.3 is 0 Å². The molecule has 1 aromatic carbocycles. The molecule has 0 aromatic heterocycles. The van der Waals surface area contributed by atoms with Gasteiger partial charge in [0.1, 0.15) is 6.29 Å². The second-order valence-corrected chi connectivity index (χ2v) is 4.12. The van der Waals surface area contributed by atoms with E-state index in [2.05, 4.69) is 24.3 Å². The van der Waals surface area contributed by atoms with Gasteiger partial charge in [0.2, 0.25) is 0 Å². The summed E-state index contributed by atoms with van der Waals surface area (Å²) in [6.45, 7) is 0. The third kappa shape index (κ3) is 2.69. The molecule has 0 N–H and O–H groups in total. The molecule has 0 saturated heterocycles. The van der Waals surface area contributed by atoms with Crippen LogP contribution in [0, 0.1) is 0 Å². The van der Waals surface area contributed by atoms with Gasteiger partial charge in [-0.3, -0.25) is 4.79 Å². The molecule has 1 aromatic rings. The summed E-state index contributed by atoms with van der Waals surface area (Å²) in [6, 6.07) is 10.2. The lowest BCUT2D eigenvalue weighted by Gasteiger charge is -2.13. The minimum atomic E-state index is 0.942. The Morgan fingerprint density at radius 3 is 2.25 bits per heavy atom. The van der Waals surface area contributed by atoms with Crippen molar-refractivity contribution in [1.29, 1.82) is 0 Å². The highest BCUT2D eigenvalue weighted by atomic mass is 16.1. The molecule has 1 aliphatic carbocycles. The van der Waals surface area contributed by atoms with Gasteiger partial charge in [0.05, 0.1) is 0 Å². The fraction of sp³-hybridized carbons (Fsp3) is 0.267. The average molecular weight is 212 g/mol. The predicted octanol–water partition coefficient (Wildman–Crippen LogP) is 3.77. The van der Waals surface area contributed by atoms with Crippen LogP contribution in [-0.2, 0) is 4.79 Å². The second kappa shape index (κ2) is 5.45. The van der Waals surface area contributed by atoms with Crippen molar-refractivity contribution in [2.45, 2.75) is 25.7 Å². The van der Waals surface area contributed by atoms with E-state index in [9.17, 15) is 4.79 Å². The van der Waals surface area contributed by atoms with Gasteiger partial charge in [-0.25, -0.2) is 0 Å². The van der Waals surface area contributed by atoms with Crippen molar-refractivity contribution in [3.8, 4) is 0 Å². The smallest absolute Gasteiger partial charge is 0.146 e. The summed E-state index contributed by atoms with van der Waals surface area (Å²) in [6.07, 6.45) is 9.53. The number of hydrogen-bond acceptors (Lipinski definition) is 1. The first kappa shape index (κ1) is 10.9. The Morgan fingerprint density at radius 1 is 0.875 bits per heavy atom. The van der Waals surface area contributed by atoms with Gasteiger partial charge >= 0.3 is 0 Å². The number of carbonyl (C=O) groups is 1. The van der Waals surface area contributed by atoms with Crippen LogP contribution in [0.2, 0.25) is 0 Å². The van der Waals surface area contributed by atoms with Crippen molar-refractivity contribution < 1.29 is 4.79 Å². The average Bonchev–Trinajstić information content (AvgIpc) is 2.38. The van der Waals surface area contributed by atoms with Gasteiger partial charge in [0, 0.05) is 0 Å². The van der Waals surface area contributed by atoms with Crippen molar-refractivity contribution in [2.75, 3.05) is 0 Å². The summed E-state index contributed by atoms with van der Waals surface area (Å²) >= 11 is 0. The van der Waals surface area contributed by atoms with Gasteiger partial charge in [-0.05, 0) is 42.4 Å². The molecule has 0 radical (unpaired) electrons. The summed E-state index contributed by atoms with van der Waals surface area (Å²) < 4.78 is 0. The summed E-state index contributed by atoms with van der Waals surface area (Å²) in [5.74, 6) is 0.